The summed E-state index contributed by atoms with van der Waals surface area (Å²) < 4.78 is 21.2. The van der Waals surface area contributed by atoms with Gasteiger partial charge in [-0.3, -0.25) is 25.0 Å². The maximum atomic E-state index is 14.9. The fourth-order valence-electron chi connectivity index (χ4n) is 10.7. The largest absolute Gasteiger partial charge is 0.459 e. The standard InChI is InChI=1S/C58H62N4O11/c1-3-32-60(55(65)31-20-40-16-23-45(24-17-40)61(66)67)54-38-52(59-71-39-41-18-25-46(26-19-41)62(68)69)50-36-44(14-8-10-33-63)49(15-9-11-34-64)56-51-37-48(29-30-53(51)73-58(54,57(50)56)70-35-4-2)72-47-27-21-43(22-28-47)42-12-6-5-7-13-42/h4-7,12-13,16-31,36-37,44,49,54,56-57,63-64H,2-3,8-11,14-15,32-35,38-39H2,1H3. The Balaban J connectivity index is 1.28. The third-order valence-corrected chi connectivity index (χ3v) is 14.0. The number of aliphatic hydroxyl groups excluding tert-OH is 2. The Morgan fingerprint density at radius 2 is 1.51 bits per heavy atom. The molecule has 1 aliphatic heterocycles. The lowest BCUT2D eigenvalue weighted by atomic mass is 9.55. The number of benzene rings is 5. The summed E-state index contributed by atoms with van der Waals surface area (Å²) in [7, 11) is 0. The van der Waals surface area contributed by atoms with Gasteiger partial charge in [-0.1, -0.05) is 79.5 Å². The van der Waals surface area contributed by atoms with E-state index in [1.807, 2.05) is 67.6 Å². The lowest BCUT2D eigenvalue weighted by molar-refractivity contribution is -0.385. The zero-order valence-corrected chi connectivity index (χ0v) is 41.0. The number of hydrogen-bond acceptors (Lipinski definition) is 12. The highest BCUT2D eigenvalue weighted by Crippen LogP contribution is 2.62. The number of nitrogens with zero attached hydrogens (tertiary/aromatic N) is 4. The number of hydrogen-bond donors (Lipinski definition) is 2. The van der Waals surface area contributed by atoms with E-state index in [0.717, 1.165) is 47.9 Å². The van der Waals surface area contributed by atoms with Crippen LogP contribution < -0.4 is 9.47 Å². The molecule has 15 heteroatoms. The lowest BCUT2D eigenvalue weighted by Crippen LogP contribution is -2.70. The SMILES string of the molecule is C=CCOC12Oc3ccc(Oc4ccc(-c5ccccc5)cc4)cc3C3C(CCCCO)C(CCCCO)C=C(C(=NOCc4ccc([N+](=O)[O-])cc4)CC1N(CCC)C(=O)C=Cc1ccc([N+](=O)[O-])cc1)C32. The maximum absolute atomic E-state index is 14.9. The Hall–Kier alpha value is -7.46. The van der Waals surface area contributed by atoms with Gasteiger partial charge in [0, 0.05) is 68.0 Å². The van der Waals surface area contributed by atoms with Crippen LogP contribution in [0.3, 0.4) is 0 Å². The molecular weight excluding hydrogens is 929 g/mol. The minimum Gasteiger partial charge on any atom is -0.459 e. The molecule has 0 bridgehead atoms. The van der Waals surface area contributed by atoms with Gasteiger partial charge in [0.05, 0.1) is 28.1 Å². The van der Waals surface area contributed by atoms with Gasteiger partial charge in [-0.05, 0) is 132 Å². The molecule has 6 unspecified atom stereocenters. The Labute approximate surface area is 425 Å². The van der Waals surface area contributed by atoms with Crippen LogP contribution in [0.4, 0.5) is 11.4 Å². The monoisotopic (exact) mass is 990 g/mol. The van der Waals surface area contributed by atoms with Crippen molar-refractivity contribution in [3.05, 3.63) is 189 Å². The first-order valence-electron chi connectivity index (χ1n) is 25.1. The summed E-state index contributed by atoms with van der Waals surface area (Å²) in [6.45, 7) is 6.51. The Kier molecular flexibility index (Phi) is 17.3. The Bertz CT molecular complexity index is 2800. The van der Waals surface area contributed by atoms with Gasteiger partial charge in [0.1, 0.15) is 29.9 Å². The smallest absolute Gasteiger partial charge is 0.269 e. The van der Waals surface area contributed by atoms with E-state index >= 15 is 0 Å². The molecule has 8 rings (SSSR count). The van der Waals surface area contributed by atoms with Crippen LogP contribution >= 0.6 is 0 Å². The molecule has 1 saturated carbocycles. The van der Waals surface area contributed by atoms with Gasteiger partial charge in [-0.25, -0.2) is 0 Å². The van der Waals surface area contributed by atoms with Crippen molar-refractivity contribution < 1.29 is 43.9 Å². The number of nitro benzene ring substituents is 2. The molecule has 3 aliphatic rings. The van der Waals surface area contributed by atoms with E-state index in [9.17, 15) is 35.2 Å². The number of oxime groups is 1. The number of unbranched alkanes of at least 4 members (excludes halogenated alkanes) is 2. The van der Waals surface area contributed by atoms with Crippen LogP contribution in [-0.4, -0.2) is 74.8 Å². The molecule has 1 heterocycles. The van der Waals surface area contributed by atoms with E-state index in [2.05, 4.69) is 24.8 Å². The Morgan fingerprint density at radius 1 is 0.849 bits per heavy atom. The number of allylic oxidation sites excluding steroid dienone is 1. The molecule has 6 atom stereocenters. The molecular formula is C58H62N4O11. The van der Waals surface area contributed by atoms with Crippen LogP contribution in [0.2, 0.25) is 0 Å². The van der Waals surface area contributed by atoms with E-state index < -0.39 is 27.6 Å². The summed E-state index contributed by atoms with van der Waals surface area (Å²) in [6, 6.07) is 35.2. The molecule has 2 N–H and O–H groups in total. The third-order valence-electron chi connectivity index (χ3n) is 14.0. The molecule has 5 aromatic carbocycles. The van der Waals surface area contributed by atoms with Gasteiger partial charge < -0.3 is 34.2 Å². The summed E-state index contributed by atoms with van der Waals surface area (Å²) in [5.41, 5.74) is 5.64. The van der Waals surface area contributed by atoms with Gasteiger partial charge in [0.2, 0.25) is 11.7 Å². The first-order chi connectivity index (χ1) is 35.6. The van der Waals surface area contributed by atoms with Crippen LogP contribution in [0.15, 0.2) is 157 Å². The van der Waals surface area contributed by atoms with Gasteiger partial charge >= 0.3 is 0 Å². The number of aliphatic hydroxyl groups is 2. The van der Waals surface area contributed by atoms with Crippen LogP contribution in [0.25, 0.3) is 17.2 Å². The van der Waals surface area contributed by atoms with Crippen molar-refractivity contribution in [2.24, 2.45) is 22.9 Å². The number of fused-ring (bicyclic) bond motifs is 2. The molecule has 73 heavy (non-hydrogen) atoms. The van der Waals surface area contributed by atoms with Crippen molar-refractivity contribution in [2.75, 3.05) is 26.4 Å². The highest BCUT2D eigenvalue weighted by molar-refractivity contribution is 6.03. The predicted molar refractivity (Wildman–Crippen MR) is 279 cm³/mol. The highest BCUT2D eigenvalue weighted by atomic mass is 16.7. The topological polar surface area (TPSA) is 196 Å². The van der Waals surface area contributed by atoms with Crippen molar-refractivity contribution in [1.29, 1.82) is 0 Å². The molecule has 0 saturated heterocycles. The van der Waals surface area contributed by atoms with E-state index in [-0.39, 0.29) is 67.9 Å². The second kappa shape index (κ2) is 24.3. The number of carbonyl (C=O) groups excluding carboxylic acids is 1. The van der Waals surface area contributed by atoms with Gasteiger partial charge in [0.25, 0.3) is 11.4 Å². The number of rotatable bonds is 24. The molecule has 5 aromatic rings. The average Bonchev–Trinajstić information content (AvgIpc) is 3.42. The number of nitro groups is 2. The summed E-state index contributed by atoms with van der Waals surface area (Å²) >= 11 is 0. The summed E-state index contributed by atoms with van der Waals surface area (Å²) in [5, 5.41) is 47.8. The predicted octanol–water partition coefficient (Wildman–Crippen LogP) is 11.7. The minimum absolute atomic E-state index is 0.0112. The number of non-ortho nitro benzene ring substituents is 2. The number of carbonyl (C=O) groups is 1. The minimum atomic E-state index is -1.51. The van der Waals surface area contributed by atoms with Crippen molar-refractivity contribution in [3.8, 4) is 28.4 Å². The van der Waals surface area contributed by atoms with E-state index in [1.54, 1.807) is 41.3 Å². The zero-order chi connectivity index (χ0) is 51.3. The quantitative estimate of drug-likeness (QED) is 0.0196. The highest BCUT2D eigenvalue weighted by Gasteiger charge is 2.65. The fraction of sp³-hybridized carbons (Fsp3) is 0.345. The van der Waals surface area contributed by atoms with Gasteiger partial charge in [-0.15, -0.1) is 6.58 Å². The summed E-state index contributed by atoms with van der Waals surface area (Å²) in [6.07, 6.45) is 12.0. The van der Waals surface area contributed by atoms with E-state index in [1.165, 1.54) is 30.3 Å². The number of amides is 1. The second-order valence-corrected chi connectivity index (χ2v) is 18.7. The van der Waals surface area contributed by atoms with Crippen molar-refractivity contribution in [1.82, 2.24) is 4.90 Å². The molecule has 15 nitrogen and oxygen atoms in total. The molecule has 0 aromatic heterocycles. The first kappa shape index (κ1) is 51.9. The van der Waals surface area contributed by atoms with E-state index in [0.29, 0.717) is 59.9 Å². The van der Waals surface area contributed by atoms with Crippen molar-refractivity contribution in [3.63, 3.8) is 0 Å². The molecule has 0 radical (unpaired) electrons. The van der Waals surface area contributed by atoms with Crippen molar-refractivity contribution in [2.45, 2.75) is 82.6 Å². The number of ether oxygens (including phenoxy) is 3. The lowest BCUT2D eigenvalue weighted by Gasteiger charge is -2.60. The van der Waals surface area contributed by atoms with Crippen LogP contribution in [0, 0.1) is 38.0 Å². The molecule has 380 valence electrons. The third kappa shape index (κ3) is 11.9. The van der Waals surface area contributed by atoms with Crippen LogP contribution in [0.1, 0.15) is 80.9 Å². The maximum Gasteiger partial charge on any atom is 0.269 e. The normalized spacial score (nSPS) is 21.3. The fourth-order valence-corrected chi connectivity index (χ4v) is 10.7. The molecule has 0 spiro atoms. The summed E-state index contributed by atoms with van der Waals surface area (Å²) in [4.78, 5) is 44.8. The van der Waals surface area contributed by atoms with Crippen LogP contribution in [-0.2, 0) is 21.0 Å². The Morgan fingerprint density at radius 3 is 2.16 bits per heavy atom. The zero-order valence-electron chi connectivity index (χ0n) is 41.0. The molecule has 2 aliphatic carbocycles. The molecule has 1 amide bonds. The first-order valence-corrected chi connectivity index (χ1v) is 25.1. The average molecular weight is 991 g/mol. The van der Waals surface area contributed by atoms with Crippen molar-refractivity contribution >= 4 is 29.1 Å². The molecule has 1 fully saturated rings. The second-order valence-electron chi connectivity index (χ2n) is 18.7. The van der Waals surface area contributed by atoms with E-state index in [4.69, 9.17) is 24.2 Å². The van der Waals surface area contributed by atoms with Gasteiger partial charge in [0.15, 0.2) is 0 Å². The van der Waals surface area contributed by atoms with Gasteiger partial charge in [-0.2, -0.15) is 0 Å². The summed E-state index contributed by atoms with van der Waals surface area (Å²) in [5.74, 6) is -0.975. The van der Waals surface area contributed by atoms with Crippen LogP contribution in [0.5, 0.6) is 17.2 Å².